The number of benzene rings is 2. The Labute approximate surface area is 140 Å². The number of nitrogens with one attached hydrogen (secondary N) is 3. The van der Waals surface area contributed by atoms with E-state index in [0.717, 1.165) is 12.0 Å². The van der Waals surface area contributed by atoms with Crippen LogP contribution in [0.15, 0.2) is 58.2 Å². The molecule has 0 saturated heterocycles. The molecule has 0 fully saturated rings. The minimum Gasteiger partial charge on any atom is -0.306 e. The molecule has 3 N–H and O–H groups in total. The Morgan fingerprint density at radius 2 is 1.75 bits per heavy atom. The fourth-order valence-corrected chi connectivity index (χ4v) is 3.99. The topological polar surface area (TPSA) is 94.8 Å². The summed E-state index contributed by atoms with van der Waals surface area (Å²) in [4.78, 5) is 16.6. The highest BCUT2D eigenvalue weighted by atomic mass is 32.2. The first-order chi connectivity index (χ1) is 11.5. The van der Waals surface area contributed by atoms with Crippen molar-refractivity contribution in [2.24, 2.45) is 0 Å². The molecule has 24 heavy (non-hydrogen) atoms. The summed E-state index contributed by atoms with van der Waals surface area (Å²) < 4.78 is 28.2. The van der Waals surface area contributed by atoms with E-state index in [9.17, 15) is 13.2 Å². The number of rotatable bonds is 6. The van der Waals surface area contributed by atoms with Crippen molar-refractivity contribution in [3.8, 4) is 0 Å². The highest BCUT2D eigenvalue weighted by Gasteiger charge is 2.21. The SMILES string of the molecule is CCC[C@H](NS(=O)(=O)c1ccc2[nH]c(=O)[nH]c2c1)c1ccccc1. The van der Waals surface area contributed by atoms with Gasteiger partial charge in [0.2, 0.25) is 10.0 Å². The van der Waals surface area contributed by atoms with Crippen molar-refractivity contribution < 1.29 is 8.42 Å². The van der Waals surface area contributed by atoms with Gasteiger partial charge in [-0.1, -0.05) is 43.7 Å². The Balaban J connectivity index is 1.94. The van der Waals surface area contributed by atoms with Gasteiger partial charge in [-0.3, -0.25) is 0 Å². The summed E-state index contributed by atoms with van der Waals surface area (Å²) in [6.07, 6.45) is 1.55. The Bertz CT molecular complexity index is 991. The van der Waals surface area contributed by atoms with Crippen molar-refractivity contribution >= 4 is 21.1 Å². The van der Waals surface area contributed by atoms with Crippen molar-refractivity contribution in [3.63, 3.8) is 0 Å². The lowest BCUT2D eigenvalue weighted by Gasteiger charge is -2.18. The molecule has 126 valence electrons. The molecular formula is C17H19N3O3S. The minimum absolute atomic E-state index is 0.127. The second-order valence-corrected chi connectivity index (χ2v) is 7.37. The molecule has 0 saturated carbocycles. The van der Waals surface area contributed by atoms with E-state index in [0.29, 0.717) is 17.5 Å². The molecule has 0 spiro atoms. The summed E-state index contributed by atoms with van der Waals surface area (Å²) >= 11 is 0. The highest BCUT2D eigenvalue weighted by molar-refractivity contribution is 7.89. The van der Waals surface area contributed by atoms with Gasteiger partial charge in [0.05, 0.1) is 15.9 Å². The fraction of sp³-hybridized carbons (Fsp3) is 0.235. The van der Waals surface area contributed by atoms with Gasteiger partial charge in [-0.15, -0.1) is 0 Å². The minimum atomic E-state index is -3.70. The third-order valence-electron chi connectivity index (χ3n) is 3.87. The molecule has 0 bridgehead atoms. The predicted octanol–water partition coefficient (Wildman–Crippen LogP) is 2.68. The van der Waals surface area contributed by atoms with Gasteiger partial charge in [-0.25, -0.2) is 17.9 Å². The second-order valence-electron chi connectivity index (χ2n) is 5.66. The first-order valence-electron chi connectivity index (χ1n) is 7.79. The number of hydrogen-bond donors (Lipinski definition) is 3. The van der Waals surface area contributed by atoms with Gasteiger partial charge in [0.25, 0.3) is 0 Å². The largest absolute Gasteiger partial charge is 0.323 e. The number of imidazole rings is 1. The quantitative estimate of drug-likeness (QED) is 0.641. The Hall–Kier alpha value is -2.38. The Morgan fingerprint density at radius 3 is 2.46 bits per heavy atom. The van der Waals surface area contributed by atoms with Gasteiger partial charge < -0.3 is 9.97 Å². The van der Waals surface area contributed by atoms with E-state index >= 15 is 0 Å². The van der Waals surface area contributed by atoms with Gasteiger partial charge in [0.15, 0.2) is 0 Å². The van der Waals surface area contributed by atoms with Gasteiger partial charge in [0.1, 0.15) is 0 Å². The summed E-state index contributed by atoms with van der Waals surface area (Å²) in [6.45, 7) is 2.01. The zero-order chi connectivity index (χ0) is 17.2. The summed E-state index contributed by atoms with van der Waals surface area (Å²) in [5.74, 6) is 0. The summed E-state index contributed by atoms with van der Waals surface area (Å²) in [5.41, 5.74) is 1.61. The lowest BCUT2D eigenvalue weighted by molar-refractivity contribution is 0.536. The van der Waals surface area contributed by atoms with Crippen LogP contribution < -0.4 is 10.4 Å². The molecule has 1 heterocycles. The maximum atomic E-state index is 12.7. The third-order valence-corrected chi connectivity index (χ3v) is 5.34. The molecule has 0 aliphatic rings. The van der Waals surface area contributed by atoms with Crippen molar-refractivity contribution in [2.45, 2.75) is 30.7 Å². The van der Waals surface area contributed by atoms with Crippen LogP contribution in [-0.4, -0.2) is 18.4 Å². The molecule has 0 aliphatic heterocycles. The first kappa shape index (κ1) is 16.5. The van der Waals surface area contributed by atoms with E-state index in [1.54, 1.807) is 6.07 Å². The summed E-state index contributed by atoms with van der Waals surface area (Å²) in [6, 6.07) is 13.8. The zero-order valence-corrected chi connectivity index (χ0v) is 14.1. The van der Waals surface area contributed by atoms with E-state index in [4.69, 9.17) is 0 Å². The molecule has 2 aromatic carbocycles. The van der Waals surface area contributed by atoms with E-state index in [-0.39, 0.29) is 16.6 Å². The van der Waals surface area contributed by atoms with Crippen LogP contribution in [0.4, 0.5) is 0 Å². The molecule has 6 nitrogen and oxygen atoms in total. The molecule has 1 aromatic heterocycles. The summed E-state index contributed by atoms with van der Waals surface area (Å²) in [7, 11) is -3.70. The lowest BCUT2D eigenvalue weighted by atomic mass is 10.0. The van der Waals surface area contributed by atoms with Crippen LogP contribution in [0.5, 0.6) is 0 Å². The zero-order valence-electron chi connectivity index (χ0n) is 13.2. The summed E-state index contributed by atoms with van der Waals surface area (Å²) in [5, 5.41) is 0. The smallest absolute Gasteiger partial charge is 0.306 e. The molecule has 0 amide bonds. The average molecular weight is 345 g/mol. The molecule has 7 heteroatoms. The fourth-order valence-electron chi connectivity index (χ4n) is 2.70. The van der Waals surface area contributed by atoms with Gasteiger partial charge in [-0.05, 0) is 30.2 Å². The van der Waals surface area contributed by atoms with Crippen LogP contribution >= 0.6 is 0 Å². The molecule has 0 radical (unpaired) electrons. The Kier molecular flexibility index (Phi) is 4.55. The lowest BCUT2D eigenvalue weighted by Crippen LogP contribution is -2.28. The van der Waals surface area contributed by atoms with Crippen molar-refractivity contribution in [2.75, 3.05) is 0 Å². The van der Waals surface area contributed by atoms with Gasteiger partial charge >= 0.3 is 5.69 Å². The number of aromatic amines is 2. The van der Waals surface area contributed by atoms with Crippen LogP contribution in [0.2, 0.25) is 0 Å². The second kappa shape index (κ2) is 6.62. The average Bonchev–Trinajstić information content (AvgIpc) is 2.94. The third kappa shape index (κ3) is 3.42. The van der Waals surface area contributed by atoms with E-state index < -0.39 is 10.0 Å². The van der Waals surface area contributed by atoms with E-state index in [1.807, 2.05) is 37.3 Å². The molecule has 0 aliphatic carbocycles. The Morgan fingerprint density at radius 1 is 1.04 bits per heavy atom. The van der Waals surface area contributed by atoms with Gasteiger partial charge in [0, 0.05) is 6.04 Å². The molecule has 1 atom stereocenters. The molecule has 3 rings (SSSR count). The predicted molar refractivity (Wildman–Crippen MR) is 93.3 cm³/mol. The highest BCUT2D eigenvalue weighted by Crippen LogP contribution is 2.22. The van der Waals surface area contributed by atoms with Gasteiger partial charge in [-0.2, -0.15) is 0 Å². The maximum absolute atomic E-state index is 12.7. The molecular weight excluding hydrogens is 326 g/mol. The molecule has 0 unspecified atom stereocenters. The number of fused-ring (bicyclic) bond motifs is 1. The van der Waals surface area contributed by atoms with Crippen LogP contribution in [-0.2, 0) is 10.0 Å². The van der Waals surface area contributed by atoms with E-state index in [2.05, 4.69) is 14.7 Å². The normalized spacial score (nSPS) is 13.2. The van der Waals surface area contributed by atoms with Crippen LogP contribution in [0.3, 0.4) is 0 Å². The van der Waals surface area contributed by atoms with E-state index in [1.165, 1.54) is 12.1 Å². The number of aromatic nitrogens is 2. The van der Waals surface area contributed by atoms with Crippen molar-refractivity contribution in [1.29, 1.82) is 0 Å². The van der Waals surface area contributed by atoms with Crippen LogP contribution in [0.1, 0.15) is 31.4 Å². The van der Waals surface area contributed by atoms with Crippen molar-refractivity contribution in [3.05, 3.63) is 64.6 Å². The van der Waals surface area contributed by atoms with Crippen LogP contribution in [0, 0.1) is 0 Å². The van der Waals surface area contributed by atoms with Crippen molar-refractivity contribution in [1.82, 2.24) is 14.7 Å². The number of sulfonamides is 1. The number of H-pyrrole nitrogens is 2. The maximum Gasteiger partial charge on any atom is 0.323 e. The molecule has 3 aromatic rings. The standard InChI is InChI=1S/C17H19N3O3S/c1-2-6-14(12-7-4-3-5-8-12)20-24(22,23)13-9-10-15-16(11-13)19-17(21)18-15/h3-5,7-11,14,20H,2,6H2,1H3,(H2,18,19,21)/t14-/m0/s1. The monoisotopic (exact) mass is 345 g/mol. The van der Waals surface area contributed by atoms with Crippen LogP contribution in [0.25, 0.3) is 11.0 Å². The number of hydrogen-bond acceptors (Lipinski definition) is 3. The first-order valence-corrected chi connectivity index (χ1v) is 9.27.